The van der Waals surface area contributed by atoms with Crippen LogP contribution in [-0.4, -0.2) is 24.9 Å². The van der Waals surface area contributed by atoms with Gasteiger partial charge in [0.25, 0.3) is 0 Å². The number of rotatable bonds is 5. The fourth-order valence-electron chi connectivity index (χ4n) is 11.3. The van der Waals surface area contributed by atoms with Crippen molar-refractivity contribution in [3.05, 3.63) is 174 Å². The van der Waals surface area contributed by atoms with Gasteiger partial charge in [-0.25, -0.2) is 9.97 Å². The Labute approximate surface area is 502 Å². The van der Waals surface area contributed by atoms with Crippen LogP contribution >= 0.6 is 0 Å². The number of nitrogens with one attached hydrogen (secondary N) is 2. The van der Waals surface area contributed by atoms with Crippen LogP contribution in [0.5, 0.6) is 0 Å². The predicted molar refractivity (Wildman–Crippen MR) is 359 cm³/mol. The van der Waals surface area contributed by atoms with Crippen LogP contribution in [0.25, 0.3) is 90.1 Å². The Morgan fingerprint density at radius 3 is 0.810 bits per heavy atom. The maximum absolute atomic E-state index is 14.3. The average molecular weight is 1120 g/mol. The minimum absolute atomic E-state index is 0.00369. The number of fused-ring (bicyclic) bond motifs is 8. The van der Waals surface area contributed by atoms with E-state index in [4.69, 9.17) is 15.7 Å². The molecule has 4 aromatic carbocycles. The number of nitrogens with two attached hydrogens (primary N) is 1. The van der Waals surface area contributed by atoms with Crippen molar-refractivity contribution in [2.45, 2.75) is 209 Å². The molecule has 4 N–H and O–H groups in total. The summed E-state index contributed by atoms with van der Waals surface area (Å²) in [5.41, 5.74) is 26.7. The average Bonchev–Trinajstić information content (AvgIpc) is 3.96. The number of aromatic amines is 2. The zero-order chi connectivity index (χ0) is 62.1. The van der Waals surface area contributed by atoms with Crippen LogP contribution in [-0.2, 0) is 43.3 Å². The van der Waals surface area contributed by atoms with Crippen LogP contribution in [0.4, 0.5) is 0 Å². The van der Waals surface area contributed by atoms with Crippen molar-refractivity contribution >= 4 is 45.6 Å². The molecular formula is C76H94N6O2. The van der Waals surface area contributed by atoms with Crippen molar-refractivity contribution < 1.29 is 4.92 Å². The summed E-state index contributed by atoms with van der Waals surface area (Å²) in [5.74, 6) is 0. The zero-order valence-electron chi connectivity index (χ0n) is 55.1. The molecule has 0 fully saturated rings. The quantitative estimate of drug-likeness (QED) is 0.117. The Kier molecular flexibility index (Phi) is 14.9. The highest BCUT2D eigenvalue weighted by atomic mass is 16.6. The SMILES string of the molecule is CC(C)(C)c1cc(-c2c3nc(c(-c4cc(C(C)(C)C)cc(C(C)(C)C)c4)c4ccc([nH]4)c(-c4cc(C(C)(C)C)cc(C(C)(C)C)c4)c4nc(c(-c5cc(C(C)(C)C)cc(C(C)(C)C)c5)c5ccc2[nH]5)C(N)=C4[N+](=O)[O-])C=C3)cc(C(C)(C)C)c1. The van der Waals surface area contributed by atoms with E-state index in [1.165, 1.54) is 22.3 Å². The van der Waals surface area contributed by atoms with E-state index in [-0.39, 0.29) is 65.3 Å². The molecule has 2 aliphatic rings. The lowest BCUT2D eigenvalue weighted by Gasteiger charge is -2.26. The van der Waals surface area contributed by atoms with Crippen LogP contribution in [0, 0.1) is 10.1 Å². The molecule has 8 nitrogen and oxygen atoms in total. The van der Waals surface area contributed by atoms with Gasteiger partial charge in [-0.05, 0) is 146 Å². The van der Waals surface area contributed by atoms with Gasteiger partial charge in [-0.3, -0.25) is 10.1 Å². The van der Waals surface area contributed by atoms with Crippen molar-refractivity contribution in [1.82, 2.24) is 19.9 Å². The normalized spacial score (nSPS) is 14.0. The second kappa shape index (κ2) is 20.4. The first kappa shape index (κ1) is 61.2. The van der Waals surface area contributed by atoms with Gasteiger partial charge in [-0.2, -0.15) is 0 Å². The third-order valence-electron chi connectivity index (χ3n) is 17.0. The summed E-state index contributed by atoms with van der Waals surface area (Å²) < 4.78 is 0. The minimum atomic E-state index is -0.332. The van der Waals surface area contributed by atoms with E-state index in [2.05, 4.69) is 285 Å². The van der Waals surface area contributed by atoms with Gasteiger partial charge in [-0.15, -0.1) is 0 Å². The molecule has 9 rings (SSSR count). The molecule has 0 saturated heterocycles. The number of aromatic nitrogens is 4. The second-order valence-corrected chi connectivity index (χ2v) is 32.3. The highest BCUT2D eigenvalue weighted by Gasteiger charge is 2.36. The van der Waals surface area contributed by atoms with Gasteiger partial charge in [0.05, 0.1) is 16.3 Å². The molecular weight excluding hydrogens is 1030 g/mol. The molecule has 5 heterocycles. The second-order valence-electron chi connectivity index (χ2n) is 32.3. The first-order valence-electron chi connectivity index (χ1n) is 30.2. The lowest BCUT2D eigenvalue weighted by molar-refractivity contribution is -0.374. The lowest BCUT2D eigenvalue weighted by atomic mass is 9.78. The van der Waals surface area contributed by atoms with Crippen LogP contribution in [0.1, 0.15) is 233 Å². The summed E-state index contributed by atoms with van der Waals surface area (Å²) in [6, 6.07) is 35.8. The van der Waals surface area contributed by atoms with E-state index < -0.39 is 0 Å². The highest BCUT2D eigenvalue weighted by molar-refractivity contribution is 6.04. The van der Waals surface area contributed by atoms with Gasteiger partial charge in [0.1, 0.15) is 11.4 Å². The monoisotopic (exact) mass is 1120 g/mol. The molecule has 8 heteroatoms. The van der Waals surface area contributed by atoms with E-state index in [1.54, 1.807) is 0 Å². The molecule has 7 aromatic rings. The Morgan fingerprint density at radius 2 is 0.571 bits per heavy atom. The molecule has 440 valence electrons. The molecule has 8 bridgehead atoms. The van der Waals surface area contributed by atoms with Crippen LogP contribution in [0.3, 0.4) is 0 Å². The van der Waals surface area contributed by atoms with Gasteiger partial charge in [0.15, 0.2) is 5.69 Å². The van der Waals surface area contributed by atoms with Gasteiger partial charge in [-0.1, -0.05) is 239 Å². The van der Waals surface area contributed by atoms with Crippen molar-refractivity contribution in [2.75, 3.05) is 0 Å². The molecule has 0 spiro atoms. The minimum Gasteiger partial charge on any atom is -0.391 e. The standard InChI is InChI=1S/C76H94N6O2/c1-69(2,3)47-31-43(32-48(39-47)70(4,5)6)61-55-25-26-56(78-55)62(44-33-49(71(7,8)9)40-50(34-44)72(10,11)12)58-28-30-60(80-58)64(46-37-53(75(19,20)21)42-54(38-46)76(22,23)24)67-68(82(83)84)65(77)66(81-67)63(59-29-27-57(61)79-59)45-35-51(73(13,14)15)41-52(36-45)74(16,17)18/h25-42,79-80H,77H2,1-24H3. The molecule has 2 aliphatic heterocycles. The number of hydrogen-bond acceptors (Lipinski definition) is 5. The van der Waals surface area contributed by atoms with E-state index in [0.717, 1.165) is 83.6 Å². The Bertz CT molecular complexity index is 3930. The number of benzene rings is 4. The van der Waals surface area contributed by atoms with Crippen molar-refractivity contribution in [2.24, 2.45) is 5.73 Å². The van der Waals surface area contributed by atoms with Crippen molar-refractivity contribution in [1.29, 1.82) is 0 Å². The highest BCUT2D eigenvalue weighted by Crippen LogP contribution is 2.47. The van der Waals surface area contributed by atoms with E-state index in [9.17, 15) is 10.1 Å². The summed E-state index contributed by atoms with van der Waals surface area (Å²) in [7, 11) is 0. The number of nitro groups is 1. The van der Waals surface area contributed by atoms with Crippen molar-refractivity contribution in [3.8, 4) is 44.5 Å². The molecule has 0 saturated carbocycles. The van der Waals surface area contributed by atoms with Gasteiger partial charge in [0.2, 0.25) is 0 Å². The number of hydrogen-bond donors (Lipinski definition) is 3. The van der Waals surface area contributed by atoms with Crippen LogP contribution < -0.4 is 5.73 Å². The topological polar surface area (TPSA) is 127 Å². The lowest BCUT2D eigenvalue weighted by Crippen LogP contribution is -2.16. The first-order chi connectivity index (χ1) is 38.4. The first-order valence-corrected chi connectivity index (χ1v) is 30.2. The van der Waals surface area contributed by atoms with E-state index in [1.807, 2.05) is 0 Å². The summed E-state index contributed by atoms with van der Waals surface area (Å²) in [5, 5.41) is 14.3. The fourth-order valence-corrected chi connectivity index (χ4v) is 11.3. The molecule has 0 aliphatic carbocycles. The third kappa shape index (κ3) is 12.0. The van der Waals surface area contributed by atoms with Gasteiger partial charge < -0.3 is 15.7 Å². The Morgan fingerprint density at radius 1 is 0.345 bits per heavy atom. The van der Waals surface area contributed by atoms with Gasteiger partial charge in [0, 0.05) is 44.3 Å². The summed E-state index contributed by atoms with van der Waals surface area (Å²) >= 11 is 0. The maximum atomic E-state index is 14.3. The van der Waals surface area contributed by atoms with Crippen LogP contribution in [0.2, 0.25) is 0 Å². The molecule has 0 radical (unpaired) electrons. The van der Waals surface area contributed by atoms with Crippen LogP contribution in [0.15, 0.2) is 97.1 Å². The molecule has 0 atom stereocenters. The predicted octanol–water partition coefficient (Wildman–Crippen LogP) is 20.6. The van der Waals surface area contributed by atoms with E-state index >= 15 is 0 Å². The third-order valence-corrected chi connectivity index (χ3v) is 17.0. The van der Waals surface area contributed by atoms with E-state index in [0.29, 0.717) is 22.3 Å². The number of H-pyrrole nitrogens is 2. The maximum Gasteiger partial charge on any atom is 0.320 e. The molecule has 84 heavy (non-hydrogen) atoms. The summed E-state index contributed by atoms with van der Waals surface area (Å²) in [6.07, 6.45) is 4.34. The van der Waals surface area contributed by atoms with Crippen molar-refractivity contribution in [3.63, 3.8) is 0 Å². The summed E-state index contributed by atoms with van der Waals surface area (Å²) in [6.45, 7) is 53.9. The molecule has 0 unspecified atom stereocenters. The summed E-state index contributed by atoms with van der Waals surface area (Å²) in [4.78, 5) is 33.3. The molecule has 3 aromatic heterocycles. The Hall–Kier alpha value is -7.32. The number of nitrogens with zero attached hydrogens (tertiary/aromatic N) is 3. The largest absolute Gasteiger partial charge is 0.391 e. The van der Waals surface area contributed by atoms with Gasteiger partial charge >= 0.3 is 5.70 Å². The fraction of sp³-hybridized carbons (Fsp3) is 0.421. The zero-order valence-corrected chi connectivity index (χ0v) is 55.1. The Balaban J connectivity index is 1.63. The molecule has 0 amide bonds. The smallest absolute Gasteiger partial charge is 0.320 e.